The van der Waals surface area contributed by atoms with Gasteiger partial charge in [0.15, 0.2) is 0 Å². The molecule has 7 rings (SSSR count). The van der Waals surface area contributed by atoms with Crippen molar-refractivity contribution in [1.29, 1.82) is 0 Å². The summed E-state index contributed by atoms with van der Waals surface area (Å²) in [6.07, 6.45) is 5.89. The molecule has 5 saturated heterocycles. The molecule has 0 aliphatic carbocycles. The maximum Gasteiger partial charge on any atom is 0.0995 e. The minimum absolute atomic E-state index is 0.0854. The van der Waals surface area contributed by atoms with Crippen molar-refractivity contribution in [2.75, 3.05) is 13.1 Å². The Kier molecular flexibility index (Phi) is 2.68. The number of hydrogen-bond acceptors (Lipinski definition) is 3. The quantitative estimate of drug-likeness (QED) is 0.847. The molecular weight excluding hydrogens is 272 g/mol. The Labute approximate surface area is 131 Å². The normalized spacial score (nSPS) is 39.5. The van der Waals surface area contributed by atoms with Gasteiger partial charge in [0.05, 0.1) is 17.2 Å². The second-order valence-electron chi connectivity index (χ2n) is 7.13. The van der Waals surface area contributed by atoms with E-state index in [-0.39, 0.29) is 11.7 Å². The molecule has 22 heavy (non-hydrogen) atoms. The van der Waals surface area contributed by atoms with Crippen LogP contribution < -0.4 is 0 Å². The van der Waals surface area contributed by atoms with Crippen LogP contribution in [-0.4, -0.2) is 34.6 Å². The Morgan fingerprint density at radius 2 is 2.23 bits per heavy atom. The lowest BCUT2D eigenvalue weighted by atomic mass is 9.66. The van der Waals surface area contributed by atoms with Crippen molar-refractivity contribution in [3.05, 3.63) is 42.1 Å². The number of aromatic nitrogens is 1. The smallest absolute Gasteiger partial charge is 0.0995 e. The van der Waals surface area contributed by atoms with Gasteiger partial charge in [0.25, 0.3) is 0 Å². The Hall–Kier alpha value is -1.45. The molecular formula is C19H22N2O. The van der Waals surface area contributed by atoms with Gasteiger partial charge in [-0.2, -0.15) is 0 Å². The zero-order valence-corrected chi connectivity index (χ0v) is 13.0. The number of rotatable bonds is 2. The number of benzene rings is 1. The molecule has 5 fully saturated rings. The molecule has 0 amide bonds. The number of ether oxygens (including phenoxy) is 1. The van der Waals surface area contributed by atoms with Gasteiger partial charge in [-0.3, -0.25) is 9.88 Å². The minimum atomic E-state index is 0.0854. The van der Waals surface area contributed by atoms with E-state index >= 15 is 0 Å². The summed E-state index contributed by atoms with van der Waals surface area (Å²) in [7, 11) is 0. The number of pyridine rings is 1. The summed E-state index contributed by atoms with van der Waals surface area (Å²) in [5, 5.41) is 1.26. The number of fused-ring (bicyclic) bond motifs is 3. The van der Waals surface area contributed by atoms with Crippen molar-refractivity contribution in [3.63, 3.8) is 0 Å². The minimum Gasteiger partial charge on any atom is -0.364 e. The SMILES string of the molecule is CC[C@@]12CN3CC[C@H]1C[C@@H]3[C@@H](c1ccnc3ccccc13)O2. The first kappa shape index (κ1) is 13.0. The molecule has 0 N–H and O–H groups in total. The summed E-state index contributed by atoms with van der Waals surface area (Å²) in [5.74, 6) is 0.761. The topological polar surface area (TPSA) is 25.4 Å². The molecule has 5 atom stereocenters. The number of hydrogen-bond donors (Lipinski definition) is 0. The third kappa shape index (κ3) is 1.61. The lowest BCUT2D eigenvalue weighted by Crippen LogP contribution is -2.70. The van der Waals surface area contributed by atoms with Gasteiger partial charge in [-0.25, -0.2) is 0 Å². The summed E-state index contributed by atoms with van der Waals surface area (Å²) in [4.78, 5) is 7.20. The Morgan fingerprint density at radius 3 is 3.05 bits per heavy atom. The molecule has 3 nitrogen and oxygen atoms in total. The van der Waals surface area contributed by atoms with Crippen molar-refractivity contribution in [3.8, 4) is 0 Å². The summed E-state index contributed by atoms with van der Waals surface area (Å²) in [6.45, 7) is 4.68. The van der Waals surface area contributed by atoms with Gasteiger partial charge in [0.1, 0.15) is 0 Å². The molecule has 0 radical (unpaired) electrons. The van der Waals surface area contributed by atoms with Crippen LogP contribution in [-0.2, 0) is 4.74 Å². The standard InChI is InChI=1S/C19H22N2O/c1-2-19-12-21-10-8-13(19)11-17(21)18(22-19)15-7-9-20-16-6-4-3-5-14(15)16/h3-7,9,13,17-18H,2,8,10-12H2,1H3/t13-,17+,18+,19+/m0/s1. The van der Waals surface area contributed by atoms with E-state index in [9.17, 15) is 0 Å². The highest BCUT2D eigenvalue weighted by Gasteiger charge is 2.58. The fourth-order valence-corrected chi connectivity index (χ4v) is 5.09. The van der Waals surface area contributed by atoms with Crippen LogP contribution in [0.4, 0.5) is 0 Å². The van der Waals surface area contributed by atoms with Gasteiger partial charge in [-0.15, -0.1) is 0 Å². The molecule has 1 aromatic carbocycles. The predicted molar refractivity (Wildman–Crippen MR) is 86.7 cm³/mol. The van der Waals surface area contributed by atoms with Gasteiger partial charge >= 0.3 is 0 Å². The van der Waals surface area contributed by atoms with Crippen molar-refractivity contribution in [2.24, 2.45) is 5.92 Å². The molecule has 0 spiro atoms. The van der Waals surface area contributed by atoms with E-state index in [1.54, 1.807) is 0 Å². The average molecular weight is 294 g/mol. The Bertz CT molecular complexity index is 725. The molecule has 1 unspecified atom stereocenters. The van der Waals surface area contributed by atoms with E-state index in [0.29, 0.717) is 6.04 Å². The highest BCUT2D eigenvalue weighted by Crippen LogP contribution is 2.54. The Morgan fingerprint density at radius 1 is 1.32 bits per heavy atom. The number of para-hydroxylation sites is 1. The zero-order valence-electron chi connectivity index (χ0n) is 13.0. The van der Waals surface area contributed by atoms with Crippen LogP contribution in [0.3, 0.4) is 0 Å². The Balaban J connectivity index is 1.64. The van der Waals surface area contributed by atoms with E-state index in [4.69, 9.17) is 4.74 Å². The number of morpholine rings is 1. The fraction of sp³-hybridized carbons (Fsp3) is 0.526. The van der Waals surface area contributed by atoms with Crippen molar-refractivity contribution in [1.82, 2.24) is 9.88 Å². The lowest BCUT2D eigenvalue weighted by molar-refractivity contribution is -0.274. The van der Waals surface area contributed by atoms with Gasteiger partial charge in [0, 0.05) is 24.2 Å². The summed E-state index contributed by atoms with van der Waals surface area (Å²) in [5.41, 5.74) is 2.50. The summed E-state index contributed by atoms with van der Waals surface area (Å²) in [6, 6.07) is 11.2. The maximum atomic E-state index is 6.78. The molecule has 1 aromatic heterocycles. The van der Waals surface area contributed by atoms with Crippen LogP contribution in [0.5, 0.6) is 0 Å². The molecule has 6 heterocycles. The van der Waals surface area contributed by atoms with Crippen LogP contribution in [0.1, 0.15) is 37.9 Å². The first-order valence-electron chi connectivity index (χ1n) is 8.56. The van der Waals surface area contributed by atoms with Gasteiger partial charge in [-0.1, -0.05) is 25.1 Å². The van der Waals surface area contributed by atoms with E-state index in [1.165, 1.54) is 30.3 Å². The molecule has 114 valence electrons. The van der Waals surface area contributed by atoms with Crippen LogP contribution in [0.2, 0.25) is 0 Å². The van der Waals surface area contributed by atoms with Gasteiger partial charge in [-0.05, 0) is 49.4 Å². The average Bonchev–Trinajstić information content (AvgIpc) is 2.61. The van der Waals surface area contributed by atoms with E-state index in [0.717, 1.165) is 24.4 Å². The first-order chi connectivity index (χ1) is 10.8. The molecule has 3 heteroatoms. The lowest BCUT2D eigenvalue weighted by Gasteiger charge is -2.64. The van der Waals surface area contributed by atoms with Gasteiger partial charge < -0.3 is 4.74 Å². The second kappa shape index (κ2) is 4.53. The largest absolute Gasteiger partial charge is 0.364 e. The van der Waals surface area contributed by atoms with Gasteiger partial charge in [0.2, 0.25) is 0 Å². The van der Waals surface area contributed by atoms with Crippen LogP contribution in [0.25, 0.3) is 10.9 Å². The highest BCUT2D eigenvalue weighted by molar-refractivity contribution is 5.82. The van der Waals surface area contributed by atoms with Crippen molar-refractivity contribution >= 4 is 10.9 Å². The fourth-order valence-electron chi connectivity index (χ4n) is 5.09. The maximum absolute atomic E-state index is 6.78. The third-order valence-electron chi connectivity index (χ3n) is 6.27. The predicted octanol–water partition coefficient (Wildman–Crippen LogP) is 3.55. The highest BCUT2D eigenvalue weighted by atomic mass is 16.5. The number of piperidine rings is 3. The van der Waals surface area contributed by atoms with E-state index in [2.05, 4.69) is 47.1 Å². The third-order valence-corrected chi connectivity index (χ3v) is 6.27. The first-order valence-corrected chi connectivity index (χ1v) is 8.56. The summed E-state index contributed by atoms with van der Waals surface area (Å²) < 4.78 is 6.78. The summed E-state index contributed by atoms with van der Waals surface area (Å²) >= 11 is 0. The van der Waals surface area contributed by atoms with E-state index < -0.39 is 0 Å². The van der Waals surface area contributed by atoms with Crippen LogP contribution >= 0.6 is 0 Å². The zero-order chi connectivity index (χ0) is 14.7. The molecule has 2 aromatic rings. The van der Waals surface area contributed by atoms with Crippen LogP contribution in [0, 0.1) is 5.92 Å². The molecule has 0 saturated carbocycles. The van der Waals surface area contributed by atoms with E-state index in [1.807, 2.05) is 6.20 Å². The molecule has 5 aliphatic heterocycles. The van der Waals surface area contributed by atoms with Crippen molar-refractivity contribution < 1.29 is 4.74 Å². The number of nitrogens with zero attached hydrogens (tertiary/aromatic N) is 2. The molecule has 4 bridgehead atoms. The monoisotopic (exact) mass is 294 g/mol. The second-order valence-corrected chi connectivity index (χ2v) is 7.13. The van der Waals surface area contributed by atoms with Crippen LogP contribution in [0.15, 0.2) is 36.5 Å². The molecule has 5 aliphatic rings. The van der Waals surface area contributed by atoms with Crippen molar-refractivity contribution in [2.45, 2.75) is 43.9 Å².